The molecular weight excluding hydrogens is 255 g/mol. The van der Waals surface area contributed by atoms with Crippen LogP contribution in [0.2, 0.25) is 0 Å². The first-order chi connectivity index (χ1) is 8.71. The highest BCUT2D eigenvalue weighted by atomic mass is 19.4. The van der Waals surface area contributed by atoms with Crippen LogP contribution in [-0.2, 0) is 11.6 Å². The summed E-state index contributed by atoms with van der Waals surface area (Å²) in [7, 11) is 0. The highest BCUT2D eigenvalue weighted by Gasteiger charge is 2.37. The molecule has 0 aliphatic heterocycles. The molecule has 0 aliphatic carbocycles. The van der Waals surface area contributed by atoms with Gasteiger partial charge in [0.15, 0.2) is 0 Å². The monoisotopic (exact) mass is 269 g/mol. The summed E-state index contributed by atoms with van der Waals surface area (Å²) in [5.41, 5.74) is -0.619. The van der Waals surface area contributed by atoms with E-state index >= 15 is 0 Å². The Kier molecular flexibility index (Phi) is 3.12. The molecule has 1 aromatic carbocycles. The van der Waals surface area contributed by atoms with Crippen molar-refractivity contribution < 1.29 is 13.2 Å². The lowest BCUT2D eigenvalue weighted by Gasteiger charge is -2.24. The van der Waals surface area contributed by atoms with E-state index in [2.05, 4.69) is 10.2 Å². The summed E-state index contributed by atoms with van der Waals surface area (Å²) in [5.74, 6) is 0. The highest BCUT2D eigenvalue weighted by Crippen LogP contribution is 2.38. The fraction of sp³-hybridized carbons (Fsp3) is 0.385. The van der Waals surface area contributed by atoms with Crippen molar-refractivity contribution in [3.8, 4) is 5.69 Å². The first-order valence-electron chi connectivity index (χ1n) is 5.78. The zero-order valence-electron chi connectivity index (χ0n) is 10.9. The molecule has 2 rings (SSSR count). The summed E-state index contributed by atoms with van der Waals surface area (Å²) in [4.78, 5) is 1.03. The van der Waals surface area contributed by atoms with Crippen LogP contribution in [0, 0.1) is 0 Å². The molecule has 0 N–H and O–H groups in total. The molecule has 0 unspecified atom stereocenters. The van der Waals surface area contributed by atoms with Gasteiger partial charge in [-0.2, -0.15) is 28.2 Å². The molecule has 102 valence electrons. The first kappa shape index (κ1) is 13.6. The van der Waals surface area contributed by atoms with Gasteiger partial charge in [0.1, 0.15) is 5.69 Å². The lowest BCUT2D eigenvalue weighted by atomic mass is 9.84. The Morgan fingerprint density at radius 3 is 1.95 bits per heavy atom. The van der Waals surface area contributed by atoms with Crippen LogP contribution in [0.4, 0.5) is 13.2 Å². The van der Waals surface area contributed by atoms with Crippen molar-refractivity contribution in [2.75, 3.05) is 0 Å². The molecule has 1 aromatic heterocycles. The van der Waals surface area contributed by atoms with Gasteiger partial charge in [0.2, 0.25) is 0 Å². The third-order valence-corrected chi connectivity index (χ3v) is 2.77. The average molecular weight is 269 g/mol. The van der Waals surface area contributed by atoms with Crippen LogP contribution in [0.25, 0.3) is 5.69 Å². The van der Waals surface area contributed by atoms with Gasteiger partial charge < -0.3 is 0 Å². The zero-order chi connectivity index (χ0) is 14.3. The normalized spacial score (nSPS) is 12.7. The third kappa shape index (κ3) is 2.62. The average Bonchev–Trinajstić information content (AvgIpc) is 2.78. The van der Waals surface area contributed by atoms with Crippen molar-refractivity contribution in [3.05, 3.63) is 41.7 Å². The molecule has 0 amide bonds. The Morgan fingerprint density at radius 2 is 1.47 bits per heavy atom. The predicted molar refractivity (Wildman–Crippen MR) is 65.1 cm³/mol. The summed E-state index contributed by atoms with van der Waals surface area (Å²) in [6.07, 6.45) is -1.72. The molecule has 0 spiro atoms. The van der Waals surface area contributed by atoms with Crippen LogP contribution in [0.3, 0.4) is 0 Å². The fourth-order valence-corrected chi connectivity index (χ4v) is 1.92. The van der Waals surface area contributed by atoms with Gasteiger partial charge in [0.05, 0.1) is 18.0 Å². The number of benzene rings is 1. The van der Waals surface area contributed by atoms with Gasteiger partial charge in [-0.15, -0.1) is 0 Å². The molecule has 1 heterocycles. The van der Waals surface area contributed by atoms with Gasteiger partial charge in [0.25, 0.3) is 0 Å². The Bertz CT molecular complexity index is 534. The van der Waals surface area contributed by atoms with Gasteiger partial charge in [-0.05, 0) is 17.0 Å². The second kappa shape index (κ2) is 4.36. The Labute approximate surface area is 109 Å². The summed E-state index contributed by atoms with van der Waals surface area (Å²) >= 11 is 0. The van der Waals surface area contributed by atoms with Crippen LogP contribution in [-0.4, -0.2) is 15.0 Å². The summed E-state index contributed by atoms with van der Waals surface area (Å²) < 4.78 is 39.4. The molecule has 0 saturated heterocycles. The van der Waals surface area contributed by atoms with E-state index in [9.17, 15) is 13.2 Å². The standard InChI is InChI=1S/C13H14F3N3/c1-12(2,3)9-5-4-6-10(13(14,15)16)11(9)19-17-7-8-18-19/h4-8H,1-3H3. The van der Waals surface area contributed by atoms with E-state index in [0.717, 1.165) is 10.9 Å². The number of nitrogens with zero attached hydrogens (tertiary/aromatic N) is 3. The number of halogens is 3. The van der Waals surface area contributed by atoms with Crippen molar-refractivity contribution in [1.82, 2.24) is 15.0 Å². The minimum absolute atomic E-state index is 0.00694. The maximum absolute atomic E-state index is 13.1. The molecule has 3 nitrogen and oxygen atoms in total. The molecule has 0 bridgehead atoms. The molecule has 0 atom stereocenters. The number of alkyl halides is 3. The molecule has 0 aliphatic rings. The largest absolute Gasteiger partial charge is 0.418 e. The smallest absolute Gasteiger partial charge is 0.166 e. The molecule has 0 saturated carbocycles. The predicted octanol–water partition coefficient (Wildman–Crippen LogP) is 3.58. The lowest BCUT2D eigenvalue weighted by Crippen LogP contribution is -2.21. The van der Waals surface area contributed by atoms with Crippen molar-refractivity contribution in [3.63, 3.8) is 0 Å². The summed E-state index contributed by atoms with van der Waals surface area (Å²) in [6.45, 7) is 5.57. The van der Waals surface area contributed by atoms with Crippen LogP contribution in [0.5, 0.6) is 0 Å². The molecule has 0 fully saturated rings. The summed E-state index contributed by atoms with van der Waals surface area (Å²) in [5, 5.41) is 7.68. The maximum atomic E-state index is 13.1. The number of aromatic nitrogens is 3. The molecular formula is C13H14F3N3. The van der Waals surface area contributed by atoms with Gasteiger partial charge >= 0.3 is 6.18 Å². The summed E-state index contributed by atoms with van der Waals surface area (Å²) in [6, 6.07) is 4.14. The van der Waals surface area contributed by atoms with Crippen LogP contribution >= 0.6 is 0 Å². The van der Waals surface area contributed by atoms with Crippen LogP contribution in [0.15, 0.2) is 30.6 Å². The molecule has 6 heteroatoms. The van der Waals surface area contributed by atoms with E-state index in [1.54, 1.807) is 6.07 Å². The van der Waals surface area contributed by atoms with Gasteiger partial charge in [-0.25, -0.2) is 0 Å². The topological polar surface area (TPSA) is 30.7 Å². The molecule has 2 aromatic rings. The second-order valence-corrected chi connectivity index (χ2v) is 5.27. The second-order valence-electron chi connectivity index (χ2n) is 5.27. The Morgan fingerprint density at radius 1 is 0.947 bits per heavy atom. The number of para-hydroxylation sites is 1. The minimum atomic E-state index is -4.44. The third-order valence-electron chi connectivity index (χ3n) is 2.77. The molecule has 0 radical (unpaired) electrons. The highest BCUT2D eigenvalue weighted by molar-refractivity contribution is 5.51. The Balaban J connectivity index is 2.78. The first-order valence-corrected chi connectivity index (χ1v) is 5.78. The van der Waals surface area contributed by atoms with E-state index in [1.807, 2.05) is 20.8 Å². The van der Waals surface area contributed by atoms with Gasteiger partial charge in [-0.3, -0.25) is 0 Å². The maximum Gasteiger partial charge on any atom is 0.418 e. The van der Waals surface area contributed by atoms with Gasteiger partial charge in [-0.1, -0.05) is 32.9 Å². The van der Waals surface area contributed by atoms with E-state index in [0.29, 0.717) is 5.56 Å². The number of hydrogen-bond donors (Lipinski definition) is 0. The fourth-order valence-electron chi connectivity index (χ4n) is 1.92. The number of rotatable bonds is 1. The molecule has 19 heavy (non-hydrogen) atoms. The Hall–Kier alpha value is -1.85. The van der Waals surface area contributed by atoms with E-state index in [1.165, 1.54) is 18.5 Å². The SMILES string of the molecule is CC(C)(C)c1cccc(C(F)(F)F)c1-n1nccn1. The van der Waals surface area contributed by atoms with E-state index < -0.39 is 17.2 Å². The number of hydrogen-bond acceptors (Lipinski definition) is 2. The lowest BCUT2D eigenvalue weighted by molar-refractivity contribution is -0.137. The quantitative estimate of drug-likeness (QED) is 0.792. The van der Waals surface area contributed by atoms with Crippen molar-refractivity contribution in [2.45, 2.75) is 32.4 Å². The van der Waals surface area contributed by atoms with Crippen LogP contribution < -0.4 is 0 Å². The van der Waals surface area contributed by atoms with E-state index in [4.69, 9.17) is 0 Å². The van der Waals surface area contributed by atoms with Crippen molar-refractivity contribution in [2.24, 2.45) is 0 Å². The van der Waals surface area contributed by atoms with E-state index in [-0.39, 0.29) is 5.69 Å². The van der Waals surface area contributed by atoms with Crippen molar-refractivity contribution >= 4 is 0 Å². The van der Waals surface area contributed by atoms with Crippen LogP contribution in [0.1, 0.15) is 31.9 Å². The minimum Gasteiger partial charge on any atom is -0.166 e. The zero-order valence-corrected chi connectivity index (χ0v) is 10.9. The van der Waals surface area contributed by atoms with Crippen molar-refractivity contribution in [1.29, 1.82) is 0 Å². The van der Waals surface area contributed by atoms with Gasteiger partial charge in [0, 0.05) is 0 Å².